The molecular formula is C12H13N3O. The molecule has 4 nitrogen and oxygen atoms in total. The van der Waals surface area contributed by atoms with Crippen LogP contribution in [0.3, 0.4) is 0 Å². The van der Waals surface area contributed by atoms with Gasteiger partial charge in [0.15, 0.2) is 6.29 Å². The van der Waals surface area contributed by atoms with Gasteiger partial charge in [0.2, 0.25) is 0 Å². The normalized spacial score (nSPS) is 10.3. The first kappa shape index (κ1) is 10.5. The minimum Gasteiger partial charge on any atom is -0.302 e. The van der Waals surface area contributed by atoms with E-state index in [1.165, 1.54) is 0 Å². The summed E-state index contributed by atoms with van der Waals surface area (Å²) in [5.74, 6) is 0.993. The maximum atomic E-state index is 10.7. The van der Waals surface area contributed by atoms with Gasteiger partial charge in [-0.1, -0.05) is 6.92 Å². The van der Waals surface area contributed by atoms with Crippen molar-refractivity contribution in [3.05, 3.63) is 42.2 Å². The first-order chi connectivity index (χ1) is 7.85. The molecule has 0 saturated carbocycles. The highest BCUT2D eigenvalue weighted by molar-refractivity contribution is 5.75. The van der Waals surface area contributed by atoms with E-state index in [1.54, 1.807) is 24.7 Å². The molecule has 0 amide bonds. The van der Waals surface area contributed by atoms with Gasteiger partial charge in [-0.25, -0.2) is 4.98 Å². The zero-order chi connectivity index (χ0) is 11.4. The Kier molecular flexibility index (Phi) is 3.10. The van der Waals surface area contributed by atoms with Crippen LogP contribution in [0.5, 0.6) is 0 Å². The third kappa shape index (κ3) is 2.00. The van der Waals surface area contributed by atoms with Crippen LogP contribution in [0.4, 0.5) is 0 Å². The largest absolute Gasteiger partial charge is 0.302 e. The van der Waals surface area contributed by atoms with Gasteiger partial charge in [-0.15, -0.1) is 0 Å². The molecule has 0 spiro atoms. The standard InChI is InChI=1S/C12H13N3O/c1-2-3-12-14-4-5-15(12)11-6-10(9-16)7-13-8-11/h4-9H,2-3H2,1H3. The summed E-state index contributed by atoms with van der Waals surface area (Å²) in [5, 5.41) is 0. The second-order valence-electron chi connectivity index (χ2n) is 3.56. The van der Waals surface area contributed by atoms with Gasteiger partial charge in [-0.2, -0.15) is 0 Å². The van der Waals surface area contributed by atoms with Crippen LogP contribution >= 0.6 is 0 Å². The van der Waals surface area contributed by atoms with E-state index in [-0.39, 0.29) is 0 Å². The molecule has 0 N–H and O–H groups in total. The zero-order valence-electron chi connectivity index (χ0n) is 9.13. The number of nitrogens with zero attached hydrogens (tertiary/aromatic N) is 3. The van der Waals surface area contributed by atoms with Gasteiger partial charge >= 0.3 is 0 Å². The van der Waals surface area contributed by atoms with Crippen molar-refractivity contribution >= 4 is 6.29 Å². The third-order valence-corrected chi connectivity index (χ3v) is 2.35. The third-order valence-electron chi connectivity index (χ3n) is 2.35. The molecule has 2 rings (SSSR count). The van der Waals surface area contributed by atoms with E-state index >= 15 is 0 Å². The molecule has 0 aromatic carbocycles. The number of carbonyl (C=O) groups excluding carboxylic acids is 1. The highest BCUT2D eigenvalue weighted by Gasteiger charge is 2.04. The highest BCUT2D eigenvalue weighted by Crippen LogP contribution is 2.11. The van der Waals surface area contributed by atoms with E-state index in [2.05, 4.69) is 16.9 Å². The Morgan fingerprint density at radius 3 is 3.06 bits per heavy atom. The number of rotatable bonds is 4. The van der Waals surface area contributed by atoms with Crippen LogP contribution in [0.15, 0.2) is 30.9 Å². The molecule has 82 valence electrons. The summed E-state index contributed by atoms with van der Waals surface area (Å²) in [6.45, 7) is 2.11. The molecule has 0 saturated heterocycles. The number of aromatic nitrogens is 3. The molecule has 0 fully saturated rings. The molecule has 0 aliphatic carbocycles. The van der Waals surface area contributed by atoms with Gasteiger partial charge in [0.1, 0.15) is 5.82 Å². The van der Waals surface area contributed by atoms with Crippen LogP contribution < -0.4 is 0 Å². The molecule has 2 aromatic rings. The number of aryl methyl sites for hydroxylation is 1. The lowest BCUT2D eigenvalue weighted by Crippen LogP contribution is -2.01. The second-order valence-corrected chi connectivity index (χ2v) is 3.56. The van der Waals surface area contributed by atoms with Crippen molar-refractivity contribution in [3.63, 3.8) is 0 Å². The molecule has 0 aliphatic heterocycles. The van der Waals surface area contributed by atoms with E-state index in [0.29, 0.717) is 5.56 Å². The van der Waals surface area contributed by atoms with Crippen LogP contribution in [0.1, 0.15) is 29.5 Å². The van der Waals surface area contributed by atoms with E-state index in [0.717, 1.165) is 30.6 Å². The number of pyridine rings is 1. The fourth-order valence-electron chi connectivity index (χ4n) is 1.62. The van der Waals surface area contributed by atoms with E-state index < -0.39 is 0 Å². The molecule has 0 unspecified atom stereocenters. The van der Waals surface area contributed by atoms with Gasteiger partial charge in [-0.3, -0.25) is 9.78 Å². The molecule has 16 heavy (non-hydrogen) atoms. The minimum absolute atomic E-state index is 0.577. The monoisotopic (exact) mass is 215 g/mol. The van der Waals surface area contributed by atoms with Crippen molar-refractivity contribution < 1.29 is 4.79 Å². The quantitative estimate of drug-likeness (QED) is 0.733. The van der Waals surface area contributed by atoms with Crippen molar-refractivity contribution in [1.82, 2.24) is 14.5 Å². The van der Waals surface area contributed by atoms with Crippen molar-refractivity contribution in [2.45, 2.75) is 19.8 Å². The summed E-state index contributed by atoms with van der Waals surface area (Å²) in [4.78, 5) is 19.0. The van der Waals surface area contributed by atoms with Gasteiger partial charge in [0, 0.05) is 30.6 Å². The summed E-state index contributed by atoms with van der Waals surface area (Å²) < 4.78 is 1.96. The second kappa shape index (κ2) is 4.70. The average molecular weight is 215 g/mol. The molecule has 4 heteroatoms. The first-order valence-corrected chi connectivity index (χ1v) is 5.28. The molecule has 0 radical (unpaired) electrons. The molecule has 0 aliphatic rings. The van der Waals surface area contributed by atoms with E-state index in [4.69, 9.17) is 0 Å². The summed E-state index contributed by atoms with van der Waals surface area (Å²) in [6, 6.07) is 1.81. The molecule has 2 heterocycles. The van der Waals surface area contributed by atoms with Crippen LogP contribution in [0, 0.1) is 0 Å². The Labute approximate surface area is 94.0 Å². The van der Waals surface area contributed by atoms with Crippen LogP contribution in [0.2, 0.25) is 0 Å². The van der Waals surface area contributed by atoms with Crippen molar-refractivity contribution in [3.8, 4) is 5.69 Å². The van der Waals surface area contributed by atoms with Gasteiger partial charge in [0.05, 0.1) is 11.9 Å². The van der Waals surface area contributed by atoms with Crippen molar-refractivity contribution in [1.29, 1.82) is 0 Å². The number of carbonyl (C=O) groups is 1. The summed E-state index contributed by atoms with van der Waals surface area (Å²) in [6.07, 6.45) is 9.68. The molecule has 2 aromatic heterocycles. The summed E-state index contributed by atoms with van der Waals surface area (Å²) in [7, 11) is 0. The SMILES string of the molecule is CCCc1nccn1-c1cncc(C=O)c1. The Bertz CT molecular complexity index is 491. The maximum absolute atomic E-state index is 10.7. The van der Waals surface area contributed by atoms with Crippen LogP contribution in [-0.4, -0.2) is 20.8 Å². The lowest BCUT2D eigenvalue weighted by molar-refractivity contribution is 0.112. The number of hydrogen-bond donors (Lipinski definition) is 0. The van der Waals surface area contributed by atoms with E-state index in [1.807, 2.05) is 10.8 Å². The maximum Gasteiger partial charge on any atom is 0.151 e. The van der Waals surface area contributed by atoms with Gasteiger partial charge in [-0.05, 0) is 12.5 Å². The van der Waals surface area contributed by atoms with Crippen molar-refractivity contribution in [2.75, 3.05) is 0 Å². The number of hydrogen-bond acceptors (Lipinski definition) is 3. The minimum atomic E-state index is 0.577. The predicted octanol–water partition coefficient (Wildman–Crippen LogP) is 2.03. The van der Waals surface area contributed by atoms with Crippen LogP contribution in [0.25, 0.3) is 5.69 Å². The Morgan fingerprint density at radius 2 is 2.31 bits per heavy atom. The zero-order valence-corrected chi connectivity index (χ0v) is 9.13. The number of imidazole rings is 1. The summed E-state index contributed by atoms with van der Waals surface area (Å²) >= 11 is 0. The molecule has 0 bridgehead atoms. The molecule has 0 atom stereocenters. The fraction of sp³-hybridized carbons (Fsp3) is 0.250. The van der Waals surface area contributed by atoms with Gasteiger partial charge in [0.25, 0.3) is 0 Å². The van der Waals surface area contributed by atoms with E-state index in [9.17, 15) is 4.79 Å². The molecular weight excluding hydrogens is 202 g/mol. The predicted molar refractivity (Wildman–Crippen MR) is 60.7 cm³/mol. The Morgan fingerprint density at radius 1 is 1.44 bits per heavy atom. The van der Waals surface area contributed by atoms with Crippen molar-refractivity contribution in [2.24, 2.45) is 0 Å². The van der Waals surface area contributed by atoms with Crippen LogP contribution in [-0.2, 0) is 6.42 Å². The average Bonchev–Trinajstić information content (AvgIpc) is 2.78. The fourth-order valence-corrected chi connectivity index (χ4v) is 1.62. The van der Waals surface area contributed by atoms with Gasteiger partial charge < -0.3 is 4.57 Å². The summed E-state index contributed by atoms with van der Waals surface area (Å²) in [5.41, 5.74) is 1.46. The smallest absolute Gasteiger partial charge is 0.151 e. The first-order valence-electron chi connectivity index (χ1n) is 5.28. The lowest BCUT2D eigenvalue weighted by atomic mass is 10.2. The Hall–Kier alpha value is -1.97. The Balaban J connectivity index is 2.41. The topological polar surface area (TPSA) is 47.8 Å². The number of aldehydes is 1. The highest BCUT2D eigenvalue weighted by atomic mass is 16.1. The lowest BCUT2D eigenvalue weighted by Gasteiger charge is -2.06.